The Balaban J connectivity index is 1.76. The Morgan fingerprint density at radius 2 is 1.94 bits per heavy atom. The standard InChI is InChI=1S/C26H22FN3O3S/c1-4-33-25(32)22-15(3)29-26-30(23(22)16-9-11-17(27)12-10-16)24(31)21(34-26)13-19-14(2)28-20-8-6-5-7-18(19)20/h5-13,23,28H,4H2,1-3H3/b21-13-/t23-/m0/s1. The number of halogens is 1. The number of nitrogens with zero attached hydrogens (tertiary/aromatic N) is 2. The minimum absolute atomic E-state index is 0.190. The molecule has 0 saturated carbocycles. The molecule has 3 heterocycles. The van der Waals surface area contributed by atoms with E-state index in [2.05, 4.69) is 9.98 Å². The fraction of sp³-hybridized carbons (Fsp3) is 0.192. The van der Waals surface area contributed by atoms with Gasteiger partial charge in [-0.3, -0.25) is 9.36 Å². The van der Waals surface area contributed by atoms with Crippen molar-refractivity contribution in [3.05, 3.63) is 102 Å². The van der Waals surface area contributed by atoms with Gasteiger partial charge >= 0.3 is 5.97 Å². The molecular weight excluding hydrogens is 453 g/mol. The first-order valence-corrected chi connectivity index (χ1v) is 11.7. The molecule has 2 aromatic heterocycles. The van der Waals surface area contributed by atoms with E-state index in [1.54, 1.807) is 26.0 Å². The Labute approximate surface area is 198 Å². The summed E-state index contributed by atoms with van der Waals surface area (Å²) >= 11 is 1.26. The van der Waals surface area contributed by atoms with Crippen molar-refractivity contribution in [1.29, 1.82) is 0 Å². The molecule has 8 heteroatoms. The second kappa shape index (κ2) is 8.53. The van der Waals surface area contributed by atoms with Crippen LogP contribution in [-0.2, 0) is 9.53 Å². The highest BCUT2D eigenvalue weighted by Crippen LogP contribution is 2.31. The molecule has 6 nitrogen and oxygen atoms in total. The van der Waals surface area contributed by atoms with Gasteiger partial charge in [0.15, 0.2) is 4.80 Å². The smallest absolute Gasteiger partial charge is 0.338 e. The number of aromatic amines is 1. The molecule has 0 saturated heterocycles. The molecule has 172 valence electrons. The third kappa shape index (κ3) is 3.60. The van der Waals surface area contributed by atoms with Crippen LogP contribution in [0.15, 0.2) is 69.6 Å². The largest absolute Gasteiger partial charge is 0.463 e. The molecular formula is C26H22FN3O3S. The molecule has 0 bridgehead atoms. The van der Waals surface area contributed by atoms with Gasteiger partial charge in [0.2, 0.25) is 0 Å². The number of aromatic nitrogens is 2. The van der Waals surface area contributed by atoms with Crippen LogP contribution in [0.1, 0.15) is 36.7 Å². The van der Waals surface area contributed by atoms with E-state index in [1.807, 2.05) is 37.3 Å². The molecule has 0 radical (unpaired) electrons. The molecule has 5 rings (SSSR count). The van der Waals surface area contributed by atoms with E-state index in [9.17, 15) is 14.0 Å². The van der Waals surface area contributed by atoms with Crippen LogP contribution >= 0.6 is 11.3 Å². The molecule has 4 aromatic rings. The van der Waals surface area contributed by atoms with Crippen molar-refractivity contribution in [1.82, 2.24) is 9.55 Å². The summed E-state index contributed by atoms with van der Waals surface area (Å²) in [6.45, 7) is 5.60. The van der Waals surface area contributed by atoms with E-state index in [-0.39, 0.29) is 17.7 Å². The Hall–Kier alpha value is -3.78. The van der Waals surface area contributed by atoms with Crippen LogP contribution < -0.4 is 14.9 Å². The zero-order valence-electron chi connectivity index (χ0n) is 18.9. The molecule has 34 heavy (non-hydrogen) atoms. The highest BCUT2D eigenvalue weighted by molar-refractivity contribution is 7.07. The average Bonchev–Trinajstić information content (AvgIpc) is 3.29. The number of allylic oxidation sites excluding steroid dienone is 1. The fourth-order valence-corrected chi connectivity index (χ4v) is 5.40. The first-order chi connectivity index (χ1) is 16.4. The number of thiazole rings is 1. The van der Waals surface area contributed by atoms with Crippen LogP contribution in [0.3, 0.4) is 0 Å². The number of rotatable bonds is 4. The molecule has 1 N–H and O–H groups in total. The Morgan fingerprint density at radius 3 is 2.68 bits per heavy atom. The van der Waals surface area contributed by atoms with Crippen LogP contribution in [-0.4, -0.2) is 22.1 Å². The van der Waals surface area contributed by atoms with Crippen molar-refractivity contribution in [3.8, 4) is 0 Å². The first kappa shape index (κ1) is 22.0. The Bertz CT molecular complexity index is 1640. The fourth-order valence-electron chi connectivity index (χ4n) is 4.37. The maximum absolute atomic E-state index is 13.7. The average molecular weight is 476 g/mol. The van der Waals surface area contributed by atoms with Gasteiger partial charge in [-0.15, -0.1) is 0 Å². The number of hydrogen-bond donors (Lipinski definition) is 1. The van der Waals surface area contributed by atoms with E-state index in [1.165, 1.54) is 28.0 Å². The summed E-state index contributed by atoms with van der Waals surface area (Å²) in [5.74, 6) is -0.941. The molecule has 0 amide bonds. The van der Waals surface area contributed by atoms with E-state index in [0.717, 1.165) is 22.2 Å². The third-order valence-corrected chi connectivity index (χ3v) is 6.90. The number of nitrogens with one attached hydrogen (secondary N) is 1. The van der Waals surface area contributed by atoms with Gasteiger partial charge in [-0.05, 0) is 50.6 Å². The maximum Gasteiger partial charge on any atom is 0.338 e. The van der Waals surface area contributed by atoms with Gasteiger partial charge in [0.25, 0.3) is 5.56 Å². The van der Waals surface area contributed by atoms with Gasteiger partial charge < -0.3 is 9.72 Å². The van der Waals surface area contributed by atoms with E-state index in [4.69, 9.17) is 4.74 Å². The van der Waals surface area contributed by atoms with Crippen molar-refractivity contribution in [2.45, 2.75) is 26.8 Å². The monoisotopic (exact) mass is 475 g/mol. The normalized spacial score (nSPS) is 16.0. The zero-order chi connectivity index (χ0) is 24.0. The lowest BCUT2D eigenvalue weighted by Gasteiger charge is -2.24. The van der Waals surface area contributed by atoms with Crippen LogP contribution in [0, 0.1) is 12.7 Å². The summed E-state index contributed by atoms with van der Waals surface area (Å²) in [4.78, 5) is 35.0. The molecule has 0 unspecified atom stereocenters. The van der Waals surface area contributed by atoms with Crippen molar-refractivity contribution in [2.75, 3.05) is 6.61 Å². The van der Waals surface area contributed by atoms with Crippen molar-refractivity contribution < 1.29 is 13.9 Å². The quantitative estimate of drug-likeness (QED) is 0.457. The summed E-state index contributed by atoms with van der Waals surface area (Å²) in [5.41, 5.74) is 3.96. The second-order valence-electron chi connectivity index (χ2n) is 8.06. The third-order valence-electron chi connectivity index (χ3n) is 5.92. The summed E-state index contributed by atoms with van der Waals surface area (Å²) < 4.78 is 21.0. The lowest BCUT2D eigenvalue weighted by Crippen LogP contribution is -2.39. The predicted molar refractivity (Wildman–Crippen MR) is 130 cm³/mol. The molecule has 1 aliphatic rings. The van der Waals surface area contributed by atoms with Crippen molar-refractivity contribution in [3.63, 3.8) is 0 Å². The van der Waals surface area contributed by atoms with E-state index >= 15 is 0 Å². The summed E-state index contributed by atoms with van der Waals surface area (Å²) in [5, 5.41) is 1.02. The van der Waals surface area contributed by atoms with Gasteiger partial charge in [-0.2, -0.15) is 0 Å². The number of aryl methyl sites for hydroxylation is 1. The van der Waals surface area contributed by atoms with Gasteiger partial charge in [0.05, 0.1) is 28.5 Å². The number of fused-ring (bicyclic) bond motifs is 2. The molecule has 0 spiro atoms. The first-order valence-electron chi connectivity index (χ1n) is 10.9. The number of ether oxygens (including phenoxy) is 1. The summed E-state index contributed by atoms with van der Waals surface area (Å²) in [6, 6.07) is 12.9. The number of carbonyl (C=O) groups is 1. The Kier molecular flexibility index (Phi) is 5.53. The lowest BCUT2D eigenvalue weighted by atomic mass is 9.96. The van der Waals surface area contributed by atoms with Gasteiger partial charge in [-0.25, -0.2) is 14.2 Å². The van der Waals surface area contributed by atoms with Crippen molar-refractivity contribution >= 4 is 34.3 Å². The molecule has 1 atom stereocenters. The molecule has 2 aromatic carbocycles. The number of benzene rings is 2. The number of esters is 1. The topological polar surface area (TPSA) is 76.4 Å². The van der Waals surface area contributed by atoms with Crippen LogP contribution in [0.25, 0.3) is 17.0 Å². The SMILES string of the molecule is CCOC(=O)C1=C(C)N=c2s/c(=C\c3c(C)[nH]c4ccccc34)c(=O)n2[C@H]1c1ccc(F)cc1. The van der Waals surface area contributed by atoms with Gasteiger partial charge in [-0.1, -0.05) is 41.7 Å². The van der Waals surface area contributed by atoms with Crippen LogP contribution in [0.5, 0.6) is 0 Å². The second-order valence-corrected chi connectivity index (χ2v) is 9.07. The minimum atomic E-state index is -0.762. The zero-order valence-corrected chi connectivity index (χ0v) is 19.7. The summed E-state index contributed by atoms with van der Waals surface area (Å²) in [6.07, 6.45) is 1.86. The molecule has 0 aliphatic carbocycles. The van der Waals surface area contributed by atoms with Gasteiger partial charge in [0.1, 0.15) is 5.82 Å². The number of carbonyl (C=O) groups excluding carboxylic acids is 1. The molecule has 1 aliphatic heterocycles. The lowest BCUT2D eigenvalue weighted by molar-refractivity contribution is -0.139. The van der Waals surface area contributed by atoms with Crippen molar-refractivity contribution in [2.24, 2.45) is 4.99 Å². The number of hydrogen-bond acceptors (Lipinski definition) is 5. The van der Waals surface area contributed by atoms with Crippen LogP contribution in [0.4, 0.5) is 4.39 Å². The maximum atomic E-state index is 13.7. The highest BCUT2D eigenvalue weighted by atomic mass is 32.1. The summed E-state index contributed by atoms with van der Waals surface area (Å²) in [7, 11) is 0. The highest BCUT2D eigenvalue weighted by Gasteiger charge is 2.33. The van der Waals surface area contributed by atoms with E-state index in [0.29, 0.717) is 20.6 Å². The number of para-hydroxylation sites is 1. The van der Waals surface area contributed by atoms with Crippen LogP contribution in [0.2, 0.25) is 0 Å². The van der Waals surface area contributed by atoms with Gasteiger partial charge in [0, 0.05) is 22.2 Å². The Morgan fingerprint density at radius 1 is 1.21 bits per heavy atom. The minimum Gasteiger partial charge on any atom is -0.463 e. The predicted octanol–water partition coefficient (Wildman–Crippen LogP) is 3.73. The van der Waals surface area contributed by atoms with E-state index < -0.39 is 17.8 Å². The number of H-pyrrole nitrogens is 1. The molecule has 0 fully saturated rings.